The van der Waals surface area contributed by atoms with E-state index in [0.717, 1.165) is 4.90 Å². The first kappa shape index (κ1) is 18.7. The third kappa shape index (κ3) is 11.2. The summed E-state index contributed by atoms with van der Waals surface area (Å²) in [4.78, 5) is 46.5. The highest BCUT2D eigenvalue weighted by Crippen LogP contribution is 2.40. The number of rotatable bonds is 9. The number of hydrogen-bond acceptors (Lipinski definition) is 5. The van der Waals surface area contributed by atoms with Crippen LogP contribution in [0.15, 0.2) is 0 Å². The maximum Gasteiger partial charge on any atom is 0.339 e. The maximum atomic E-state index is 10.8. The van der Waals surface area contributed by atoms with Gasteiger partial charge in [-0.05, 0) is 19.4 Å². The van der Waals surface area contributed by atoms with Gasteiger partial charge < -0.3 is 30.4 Å². The molecule has 0 aromatic heterocycles. The summed E-state index contributed by atoms with van der Waals surface area (Å²) in [5.41, 5.74) is 5.23. The molecule has 0 amide bonds. The summed E-state index contributed by atoms with van der Waals surface area (Å²) in [7, 11) is -8.91. The summed E-state index contributed by atoms with van der Waals surface area (Å²) in [6.45, 7) is -0.0722. The van der Waals surface area contributed by atoms with Crippen LogP contribution in [-0.2, 0) is 13.9 Å². The molecule has 0 aromatic rings. The Morgan fingerprint density at radius 2 is 1.53 bits per heavy atom. The normalized spacial score (nSPS) is 14.6. The van der Waals surface area contributed by atoms with E-state index < -0.39 is 39.8 Å². The van der Waals surface area contributed by atoms with Gasteiger partial charge in [0.25, 0.3) is 0 Å². The van der Waals surface area contributed by atoms with Crippen LogP contribution in [0.25, 0.3) is 0 Å². The van der Waals surface area contributed by atoms with Gasteiger partial charge in [0.15, 0.2) is 0 Å². The minimum Gasteiger partial charge on any atom is -0.480 e. The minimum atomic E-state index is -4.46. The predicted octanol–water partition coefficient (Wildman–Crippen LogP) is -1.25. The van der Waals surface area contributed by atoms with Gasteiger partial charge in [0.2, 0.25) is 0 Å². The van der Waals surface area contributed by atoms with Gasteiger partial charge in [0.05, 0.1) is 0 Å². The van der Waals surface area contributed by atoms with Gasteiger partial charge in [0, 0.05) is 0 Å². The van der Waals surface area contributed by atoms with Gasteiger partial charge in [0.1, 0.15) is 18.6 Å². The van der Waals surface area contributed by atoms with Crippen molar-refractivity contribution in [2.45, 2.75) is 18.9 Å². The van der Waals surface area contributed by atoms with Crippen molar-refractivity contribution >= 4 is 21.2 Å². The lowest BCUT2D eigenvalue weighted by Crippen LogP contribution is -2.32. The van der Waals surface area contributed by atoms with E-state index in [2.05, 4.69) is 0 Å². The van der Waals surface area contributed by atoms with Gasteiger partial charge in [-0.25, -0.2) is 0 Å². The summed E-state index contributed by atoms with van der Waals surface area (Å²) in [6.07, 6.45) is -1.43. The molecule has 0 spiro atoms. The summed E-state index contributed by atoms with van der Waals surface area (Å²) < 4.78 is 21.6. The van der Waals surface area contributed by atoms with Crippen LogP contribution in [0.3, 0.4) is 0 Å². The fourth-order valence-corrected chi connectivity index (χ4v) is 3.05. The van der Waals surface area contributed by atoms with Crippen LogP contribution in [0.2, 0.25) is 0 Å². The Morgan fingerprint density at radius 3 is 1.84 bits per heavy atom. The Labute approximate surface area is 109 Å². The van der Waals surface area contributed by atoms with Crippen molar-refractivity contribution in [1.29, 1.82) is 0 Å². The van der Waals surface area contributed by atoms with Crippen molar-refractivity contribution in [2.75, 3.05) is 19.1 Å². The molecule has 10 nitrogen and oxygen atoms in total. The van der Waals surface area contributed by atoms with Crippen molar-refractivity contribution in [3.05, 3.63) is 0 Å². The minimum absolute atomic E-state index is 0.0359. The largest absolute Gasteiger partial charge is 0.480 e. The van der Waals surface area contributed by atoms with Crippen molar-refractivity contribution in [2.24, 2.45) is 5.73 Å². The van der Waals surface area contributed by atoms with E-state index in [0.29, 0.717) is 0 Å². The van der Waals surface area contributed by atoms with Crippen LogP contribution in [0.4, 0.5) is 0 Å². The van der Waals surface area contributed by atoms with E-state index >= 15 is 0 Å². The van der Waals surface area contributed by atoms with Crippen LogP contribution < -0.4 is 5.73 Å². The van der Waals surface area contributed by atoms with Crippen LogP contribution in [0.5, 0.6) is 0 Å². The first-order chi connectivity index (χ1) is 8.41. The highest BCUT2D eigenvalue weighted by atomic mass is 31.2. The average molecular weight is 320 g/mol. The number of carboxylic acid groups (broad SMARTS) is 1. The van der Waals surface area contributed by atoms with Gasteiger partial charge >= 0.3 is 21.2 Å². The summed E-state index contributed by atoms with van der Waals surface area (Å²) in [5.74, 6) is -1.21. The first-order valence-corrected chi connectivity index (χ1v) is 8.80. The smallest absolute Gasteiger partial charge is 0.339 e. The summed E-state index contributed by atoms with van der Waals surface area (Å²) in [5, 5.41) is 8.53. The number of carbonyl (C=O) groups is 1. The molecule has 0 aliphatic rings. The van der Waals surface area contributed by atoms with E-state index in [4.69, 9.17) is 30.4 Å². The second-order valence-corrected chi connectivity index (χ2v) is 7.32. The molecule has 0 aliphatic heterocycles. The molecule has 0 aromatic carbocycles. The monoisotopic (exact) mass is 320 g/mol. The molecule has 0 aliphatic carbocycles. The molecule has 1 unspecified atom stereocenters. The molecule has 0 saturated carbocycles. The molecule has 0 fully saturated rings. The van der Waals surface area contributed by atoms with Crippen LogP contribution in [0.1, 0.15) is 12.8 Å². The second kappa shape index (κ2) is 7.47. The van der Waals surface area contributed by atoms with Gasteiger partial charge in [-0.15, -0.1) is 0 Å². The standard InChI is InChI=1S/C7H18N2O8P2/c8-6(7(10)11)2-1-3-9(4-18(12,13)14)5-19(15,16)17/h6H,1-5,8H2,(H,10,11)(H2,12,13,14)(H2,15,16,17). The lowest BCUT2D eigenvalue weighted by molar-refractivity contribution is -0.138. The predicted molar refractivity (Wildman–Crippen MR) is 65.4 cm³/mol. The van der Waals surface area contributed by atoms with Crippen molar-refractivity contribution in [3.8, 4) is 0 Å². The summed E-state index contributed by atoms with van der Waals surface area (Å²) >= 11 is 0. The van der Waals surface area contributed by atoms with E-state index in [1.807, 2.05) is 0 Å². The molecule has 0 bridgehead atoms. The molecule has 0 rings (SSSR count). The Balaban J connectivity index is 4.39. The average Bonchev–Trinajstić information content (AvgIpc) is 2.11. The van der Waals surface area contributed by atoms with Crippen LogP contribution >= 0.6 is 15.2 Å². The molecular formula is C7H18N2O8P2. The molecule has 114 valence electrons. The number of nitrogens with zero attached hydrogens (tertiary/aromatic N) is 1. The molecule has 19 heavy (non-hydrogen) atoms. The zero-order chi connectivity index (χ0) is 15.3. The molecule has 0 saturated heterocycles. The quantitative estimate of drug-likeness (QED) is 0.281. The molecule has 0 radical (unpaired) electrons. The van der Waals surface area contributed by atoms with E-state index in [1.165, 1.54) is 0 Å². The van der Waals surface area contributed by atoms with Crippen molar-refractivity contribution in [3.63, 3.8) is 0 Å². The number of hydrogen-bond donors (Lipinski definition) is 6. The van der Waals surface area contributed by atoms with Gasteiger partial charge in [-0.1, -0.05) is 0 Å². The van der Waals surface area contributed by atoms with Gasteiger partial charge in [-0.3, -0.25) is 18.8 Å². The molecular weight excluding hydrogens is 302 g/mol. The molecule has 12 heteroatoms. The SMILES string of the molecule is NC(CCCN(CP(=O)(O)O)CP(=O)(O)O)C(=O)O. The summed E-state index contributed by atoms with van der Waals surface area (Å²) in [6, 6.07) is -1.12. The van der Waals surface area contributed by atoms with E-state index in [1.54, 1.807) is 0 Å². The zero-order valence-corrected chi connectivity index (χ0v) is 11.8. The number of aliphatic carboxylic acids is 1. The Morgan fingerprint density at radius 1 is 1.11 bits per heavy atom. The number of nitrogens with two attached hydrogens (primary N) is 1. The van der Waals surface area contributed by atoms with Crippen molar-refractivity contribution in [1.82, 2.24) is 4.90 Å². The van der Waals surface area contributed by atoms with Gasteiger partial charge in [-0.2, -0.15) is 0 Å². The Kier molecular flexibility index (Phi) is 7.34. The maximum absolute atomic E-state index is 10.8. The second-order valence-electron chi connectivity index (χ2n) is 4.09. The lowest BCUT2D eigenvalue weighted by Gasteiger charge is -2.23. The molecule has 0 heterocycles. The number of carboxylic acids is 1. The van der Waals surface area contributed by atoms with E-state index in [9.17, 15) is 13.9 Å². The zero-order valence-electron chi connectivity index (χ0n) is 9.99. The van der Waals surface area contributed by atoms with Crippen molar-refractivity contribution < 1.29 is 38.6 Å². The third-order valence-corrected chi connectivity index (χ3v) is 3.61. The van der Waals surface area contributed by atoms with Crippen LogP contribution in [-0.4, -0.2) is 60.7 Å². The Bertz CT molecular complexity index is 367. The highest BCUT2D eigenvalue weighted by Gasteiger charge is 2.25. The highest BCUT2D eigenvalue weighted by molar-refractivity contribution is 7.52. The van der Waals surface area contributed by atoms with E-state index in [-0.39, 0.29) is 19.4 Å². The molecule has 7 N–H and O–H groups in total. The molecule has 1 atom stereocenters. The first-order valence-electron chi connectivity index (χ1n) is 5.20. The Hall–Kier alpha value is -0.310. The topological polar surface area (TPSA) is 182 Å². The third-order valence-electron chi connectivity index (χ3n) is 2.08. The fraction of sp³-hybridized carbons (Fsp3) is 0.857. The fourth-order valence-electron chi connectivity index (χ4n) is 1.37. The lowest BCUT2D eigenvalue weighted by atomic mass is 10.2. The van der Waals surface area contributed by atoms with Crippen LogP contribution in [0, 0.1) is 0 Å².